The summed E-state index contributed by atoms with van der Waals surface area (Å²) in [7, 11) is 0. The number of rotatable bonds is 11. The molecule has 0 radical (unpaired) electrons. The molecule has 13 aliphatic rings. The third kappa shape index (κ3) is 19.0. The number of hydrogen-bond donors (Lipinski definition) is 4. The van der Waals surface area contributed by atoms with Crippen molar-refractivity contribution in [1.29, 1.82) is 15.8 Å². The number of nitrogens with zero attached hydrogens (tertiary/aromatic N) is 3. The van der Waals surface area contributed by atoms with Crippen molar-refractivity contribution in [3.05, 3.63) is 88.7 Å². The van der Waals surface area contributed by atoms with Crippen molar-refractivity contribution in [3.63, 3.8) is 0 Å². The van der Waals surface area contributed by atoms with Crippen LogP contribution >= 0.6 is 15.9 Å². The molecule has 1 unspecified atom stereocenters. The molecule has 1 heterocycles. The Hall–Kier alpha value is -2.86. The summed E-state index contributed by atoms with van der Waals surface area (Å²) >= 11 is 3.37. The third-order valence-corrected chi connectivity index (χ3v) is 32.0. The zero-order valence-corrected chi connectivity index (χ0v) is 75.6. The fourth-order valence-electron chi connectivity index (χ4n) is 26.0. The number of Topliss-reactive ketones (excluding diaryl/α,β-unsaturated/α-hetero) is 3. The number of hydrogen-bond acceptors (Lipinski definition) is 16. The molecular formula is C89H114BrF6K2N3O13. The van der Waals surface area contributed by atoms with Crippen molar-refractivity contribution in [2.75, 3.05) is 25.2 Å². The molecule has 1 saturated heterocycles. The van der Waals surface area contributed by atoms with E-state index in [1.54, 1.807) is 6.07 Å². The van der Waals surface area contributed by atoms with Crippen molar-refractivity contribution in [1.82, 2.24) is 0 Å². The first-order chi connectivity index (χ1) is 52.9. The zero-order valence-electron chi connectivity index (χ0n) is 68.7. The summed E-state index contributed by atoms with van der Waals surface area (Å²) in [5.41, 5.74) is -5.76. The number of aromatic hydroxyl groups is 1. The number of halogens is 7. The van der Waals surface area contributed by atoms with Crippen LogP contribution in [0.15, 0.2) is 54.6 Å². The Morgan fingerprint density at radius 1 is 0.482 bits per heavy atom. The SMILES string of the molecule is C[C@@]1(O)CC[C@@]2(F)[C@H](CC[C@H]3[C@@H]4CC[C@@H](C(=O)COc5ccc(F)cc5C#N)[C@@]4(C)CC[C@@H]32)C1.C[C@@]1(O)CC[C@@]2(F)[C@H](CC[C@H]3[C@@H]4CC[C@H](C(=O)CBr)[C@@]4(C)CC[C@@H]32)C1.C[C@@]1(O)CC[C@@]2(F)[C@H](CC[C@H]3[C@@H]4CC[C@H](C(=O)COc5ccc(F)cc5C#N)[C@@]4(C)CC[C@@H]32)C1.N#Cc1cc(F)ccc1O.O=C(O[O-])C1CCCO1.[H-].[K+].[K+]. The van der Waals surface area contributed by atoms with Gasteiger partial charge in [0.2, 0.25) is 0 Å². The quantitative estimate of drug-likeness (QED) is 0.0456. The molecule has 0 spiro atoms. The minimum absolute atomic E-state index is 0. The predicted octanol–water partition coefficient (Wildman–Crippen LogP) is 11.1. The van der Waals surface area contributed by atoms with Gasteiger partial charge in [-0.05, 0) is 349 Å². The number of fused-ring (bicyclic) bond motifs is 15. The minimum atomic E-state index is -1.19. The van der Waals surface area contributed by atoms with E-state index in [0.29, 0.717) is 117 Å². The van der Waals surface area contributed by atoms with Crippen LogP contribution in [0.2, 0.25) is 0 Å². The van der Waals surface area contributed by atoms with Gasteiger partial charge in [0.05, 0.1) is 38.8 Å². The first kappa shape index (κ1) is 93.4. The number of phenolic OH excluding ortho intramolecular Hbond substituents is 1. The smallest absolute Gasteiger partial charge is 1.00 e. The normalized spacial score (nSPS) is 40.7. The number of ether oxygens (including phenoxy) is 3. The van der Waals surface area contributed by atoms with Gasteiger partial charge in [0, 0.05) is 24.4 Å². The van der Waals surface area contributed by atoms with Gasteiger partial charge in [-0.25, -0.2) is 31.1 Å². The number of nitriles is 3. The van der Waals surface area contributed by atoms with Crippen LogP contribution in [0, 0.1) is 156 Å². The minimum Gasteiger partial charge on any atom is -1.00 e. The van der Waals surface area contributed by atoms with Gasteiger partial charge >= 0.3 is 109 Å². The van der Waals surface area contributed by atoms with Crippen LogP contribution in [0.5, 0.6) is 17.2 Å². The fourth-order valence-corrected chi connectivity index (χ4v) is 26.3. The molecule has 3 aromatic rings. The Labute approximate surface area is 763 Å². The van der Waals surface area contributed by atoms with E-state index in [0.717, 1.165) is 152 Å². The summed E-state index contributed by atoms with van der Waals surface area (Å²) in [6.07, 6.45) is 22.0. The van der Waals surface area contributed by atoms with E-state index in [4.69, 9.17) is 24.6 Å². The molecule has 3 aromatic carbocycles. The van der Waals surface area contributed by atoms with Gasteiger partial charge in [-0.2, -0.15) is 15.8 Å². The van der Waals surface area contributed by atoms with Crippen LogP contribution in [0.1, 0.15) is 246 Å². The third-order valence-electron chi connectivity index (χ3n) is 31.5. The van der Waals surface area contributed by atoms with Gasteiger partial charge in [0.1, 0.15) is 88.9 Å². The number of phenols is 1. The Kier molecular flexibility index (Phi) is 30.7. The molecule has 12 aliphatic carbocycles. The topological polar surface area (TPSA) is 281 Å². The Morgan fingerprint density at radius 2 is 0.825 bits per heavy atom. The van der Waals surface area contributed by atoms with E-state index >= 15 is 13.2 Å². The van der Waals surface area contributed by atoms with Crippen molar-refractivity contribution in [2.24, 2.45) is 105 Å². The molecule has 114 heavy (non-hydrogen) atoms. The predicted molar refractivity (Wildman–Crippen MR) is 406 cm³/mol. The van der Waals surface area contributed by atoms with E-state index in [1.807, 2.05) is 32.9 Å². The molecule has 13 fully saturated rings. The molecule has 16 nitrogen and oxygen atoms in total. The maximum Gasteiger partial charge on any atom is 1.00 e. The number of alkyl halides is 4. The first-order valence-corrected chi connectivity index (χ1v) is 42.4. The second-order valence-electron chi connectivity index (χ2n) is 37.7. The molecular weight excluding hydrogens is 1590 g/mol. The molecule has 4 N–H and O–H groups in total. The standard InChI is InChI=1S/2C28H35F2NO3.C21H32BrFO2.C7H4FNO.C5H8O4.2K.H/c2*1-26(33)11-12-28(30)18(14-26)3-5-20-21-6-7-23(27(21,2)10-9-22(20)28)24(32)16-34-25-8-4-19(29)13-17(25)15-31;1-19(25)9-10-21(23)13(11-19)3-4-14-15-5-6-17(18(24)12-22)20(15,2)8-7-16(14)21;8-6-1-2-7(10)5(3-6)4-9;6-5(9-7)4-2-1-3-8-4;;;/h2*4,8,13,18,20-23,33H,3,5-7,9-12,14,16H2,1-2H3;13-17,25H,3-12H2,1-2H3;1-3,10H;4,7H,1-3H2;;;/q;;;;;2*+1;-1/p-1/t18-,20+,21+,22+,23+,26-,27+,28-;18-,20+,21+,22+,23-,26-,27+,28-;13-,14+,15+,16+,17-,19-,20+,21-;;;;;/m111...../s1. The summed E-state index contributed by atoms with van der Waals surface area (Å²) in [6, 6.07) is 16.2. The molecule has 25 heteroatoms. The maximum atomic E-state index is 16.5. The van der Waals surface area contributed by atoms with E-state index in [1.165, 1.54) is 24.3 Å². The van der Waals surface area contributed by atoms with E-state index < -0.39 is 63.3 Å². The van der Waals surface area contributed by atoms with Gasteiger partial charge in [0.25, 0.3) is 0 Å². The van der Waals surface area contributed by atoms with Crippen LogP contribution in [0.3, 0.4) is 0 Å². The van der Waals surface area contributed by atoms with E-state index in [2.05, 4.69) is 41.6 Å². The first-order valence-electron chi connectivity index (χ1n) is 41.3. The second kappa shape index (κ2) is 37.5. The van der Waals surface area contributed by atoms with Gasteiger partial charge in [-0.15, -0.1) is 0 Å². The maximum absolute atomic E-state index is 16.5. The second-order valence-corrected chi connectivity index (χ2v) is 38.2. The van der Waals surface area contributed by atoms with Crippen LogP contribution in [-0.2, 0) is 28.8 Å². The number of carbonyl (C=O) groups excluding carboxylic acids is 4. The summed E-state index contributed by atoms with van der Waals surface area (Å²) in [4.78, 5) is 52.6. The summed E-state index contributed by atoms with van der Waals surface area (Å²) in [6.45, 7) is 12.6. The Bertz CT molecular complexity index is 3940. The summed E-state index contributed by atoms with van der Waals surface area (Å²) in [5.74, 6) is 0.541. The monoisotopic (exact) mass is 1700 g/mol. The summed E-state index contributed by atoms with van der Waals surface area (Å²) < 4.78 is 104. The van der Waals surface area contributed by atoms with Crippen LogP contribution in [0.4, 0.5) is 26.3 Å². The zero-order chi connectivity index (χ0) is 80.9. The van der Waals surface area contributed by atoms with Gasteiger partial charge in [-0.1, -0.05) is 36.7 Å². The molecule has 0 aromatic heterocycles. The van der Waals surface area contributed by atoms with Gasteiger partial charge < -0.3 is 46.2 Å². The fraction of sp³-hybridized carbons (Fsp3) is 0.719. The largest absolute Gasteiger partial charge is 1.00 e. The molecule has 1 aliphatic heterocycles. The van der Waals surface area contributed by atoms with Crippen LogP contribution in [-0.4, -0.2) is 109 Å². The van der Waals surface area contributed by atoms with Crippen molar-refractivity contribution in [3.8, 4) is 35.5 Å². The van der Waals surface area contributed by atoms with E-state index in [-0.39, 0.29) is 232 Å². The van der Waals surface area contributed by atoms with Crippen LogP contribution < -0.4 is 118 Å². The van der Waals surface area contributed by atoms with Gasteiger partial charge in [-0.3, -0.25) is 14.4 Å². The van der Waals surface area contributed by atoms with Crippen molar-refractivity contribution >= 4 is 39.2 Å². The van der Waals surface area contributed by atoms with Crippen molar-refractivity contribution < 1.29 is 194 Å². The van der Waals surface area contributed by atoms with Crippen molar-refractivity contribution in [2.45, 2.75) is 268 Å². The molecule has 0 bridgehead atoms. The molecule has 25 atom stereocenters. The molecule has 12 saturated carbocycles. The molecule has 614 valence electrons. The number of aliphatic hydroxyl groups is 3. The number of carbonyl (C=O) groups is 4. The summed E-state index contributed by atoms with van der Waals surface area (Å²) in [5, 5.41) is 77.0. The number of ketones is 3. The van der Waals surface area contributed by atoms with Crippen LogP contribution in [0.25, 0.3) is 0 Å². The van der Waals surface area contributed by atoms with Gasteiger partial charge in [0.15, 0.2) is 17.7 Å². The molecule has 16 rings (SSSR count). The Morgan fingerprint density at radius 3 is 1.14 bits per heavy atom. The number of benzene rings is 3. The van der Waals surface area contributed by atoms with E-state index in [9.17, 15) is 63.4 Å². The average Bonchev–Trinajstić information content (AvgIpc) is 1.69. The Balaban J connectivity index is 0.000000176. The molecule has 0 amide bonds. The average molecular weight is 1710 g/mol.